The largest absolute Gasteiger partial charge is 1.00 e. The summed E-state index contributed by atoms with van der Waals surface area (Å²) in [5, 5.41) is 35.0. The third kappa shape index (κ3) is 37.7. The summed E-state index contributed by atoms with van der Waals surface area (Å²) < 4.78 is 99.7. The minimum Gasteiger partial charge on any atom is -0.759 e. The second-order valence-corrected chi connectivity index (χ2v) is 18.1. The van der Waals surface area contributed by atoms with E-state index in [1.165, 1.54) is 0 Å². The first kappa shape index (κ1) is 71.9. The fourth-order valence-electron chi connectivity index (χ4n) is 5.72. The first-order chi connectivity index (χ1) is 39.0. The van der Waals surface area contributed by atoms with Gasteiger partial charge in [-0.1, -0.05) is 97.1 Å². The SMILES string of the molecule is O.O=C(O)c1ccc(/C=C/c2cc[nH+]cc2)cc1.O=C(O)c1ccc(/C=C/c2cc[nH+]cc2)cc1.O=C(O)c1ccc(/C=C/c2cc[nH+]cc2)cc1.O=C(O)c1ccc(/C=C/c2ccncc2)cc1.O=S(=O)([O-])O.O=S(=O)([O-])O.O=S(=O)([O-])[O-].[H+]. The Morgan fingerprint density at radius 3 is 0.631 bits per heavy atom. The Balaban J connectivity index is 0.00000102. The van der Waals surface area contributed by atoms with Crippen molar-refractivity contribution in [3.8, 4) is 0 Å². The van der Waals surface area contributed by atoms with Gasteiger partial charge in [-0.05, 0) is 105 Å². The fraction of sp³-hybridized carbons (Fsp3) is 0. The van der Waals surface area contributed by atoms with Crippen LogP contribution in [0.1, 0.15) is 87.4 Å². The monoisotopic (exact) mass is 1210 g/mol. The van der Waals surface area contributed by atoms with Crippen molar-refractivity contribution >= 4 is 104 Å². The number of aromatic amines is 3. The molecule has 0 spiro atoms. The molecule has 84 heavy (non-hydrogen) atoms. The number of benzene rings is 4. The first-order valence-electron chi connectivity index (χ1n) is 22.9. The number of pyridine rings is 4. The predicted molar refractivity (Wildman–Crippen MR) is 302 cm³/mol. The molecule has 0 aliphatic rings. The van der Waals surface area contributed by atoms with E-state index in [2.05, 4.69) is 19.9 Å². The average molecular weight is 1210 g/mol. The maximum atomic E-state index is 10.7. The van der Waals surface area contributed by atoms with Gasteiger partial charge >= 0.3 is 25.3 Å². The highest BCUT2D eigenvalue weighted by Crippen LogP contribution is 2.13. The van der Waals surface area contributed by atoms with Gasteiger partial charge in [0.25, 0.3) is 0 Å². The van der Waals surface area contributed by atoms with Gasteiger partial charge in [0.15, 0.2) is 37.2 Å². The van der Waals surface area contributed by atoms with E-state index in [-0.39, 0.29) is 6.90 Å². The number of H-pyrrole nitrogens is 3. The summed E-state index contributed by atoms with van der Waals surface area (Å²) in [5.74, 6) is -3.62. The van der Waals surface area contributed by atoms with Crippen LogP contribution in [-0.2, 0) is 31.2 Å². The van der Waals surface area contributed by atoms with E-state index in [9.17, 15) is 19.2 Å². The molecule has 0 atom stereocenters. The Bertz CT molecular complexity index is 3250. The lowest BCUT2D eigenvalue weighted by Crippen LogP contribution is -1.96. The highest BCUT2D eigenvalue weighted by atomic mass is 32.3. The van der Waals surface area contributed by atoms with Gasteiger partial charge in [0, 0.05) is 59.2 Å². The molecule has 4 heterocycles. The number of hydrogen-bond acceptors (Lipinski definition) is 15. The molecule has 440 valence electrons. The van der Waals surface area contributed by atoms with Crippen molar-refractivity contribution in [2.75, 3.05) is 0 Å². The highest BCUT2D eigenvalue weighted by molar-refractivity contribution is 7.80. The van der Waals surface area contributed by atoms with E-state index in [4.69, 9.17) is 73.0 Å². The molecular formula is C56H52N4O21S3. The van der Waals surface area contributed by atoms with E-state index in [0.29, 0.717) is 22.3 Å². The number of hydrogen-bond donors (Lipinski definition) is 6. The van der Waals surface area contributed by atoms with Crippen LogP contribution in [0.25, 0.3) is 48.6 Å². The molecule has 0 radical (unpaired) electrons. The molecule has 0 saturated heterocycles. The molecule has 0 saturated carbocycles. The van der Waals surface area contributed by atoms with Crippen molar-refractivity contribution in [1.82, 2.24) is 4.98 Å². The summed E-state index contributed by atoms with van der Waals surface area (Å²) in [4.78, 5) is 55.5. The molecule has 0 amide bonds. The van der Waals surface area contributed by atoms with Gasteiger partial charge in [-0.3, -0.25) is 22.5 Å². The smallest absolute Gasteiger partial charge is 0.759 e. The van der Waals surface area contributed by atoms with Crippen LogP contribution in [0.15, 0.2) is 195 Å². The van der Waals surface area contributed by atoms with Crippen molar-refractivity contribution < 1.29 is 114 Å². The summed E-state index contributed by atoms with van der Waals surface area (Å²) in [5.41, 5.74) is 9.42. The minimum absolute atomic E-state index is 0. The van der Waals surface area contributed by atoms with Crippen LogP contribution in [0.5, 0.6) is 0 Å². The van der Waals surface area contributed by atoms with E-state index >= 15 is 0 Å². The fourth-order valence-corrected chi connectivity index (χ4v) is 5.72. The van der Waals surface area contributed by atoms with Crippen LogP contribution >= 0.6 is 0 Å². The van der Waals surface area contributed by atoms with Crippen molar-refractivity contribution in [2.45, 2.75) is 0 Å². The number of aromatic carboxylic acids is 4. The van der Waals surface area contributed by atoms with E-state index in [0.717, 1.165) is 44.5 Å². The summed E-state index contributed by atoms with van der Waals surface area (Å²) >= 11 is 0. The third-order valence-electron chi connectivity index (χ3n) is 9.44. The van der Waals surface area contributed by atoms with Crippen LogP contribution in [-0.4, -0.2) is 107 Å². The summed E-state index contributed by atoms with van der Waals surface area (Å²) in [7, 11) is -15.0. The molecule has 0 aliphatic heterocycles. The Morgan fingerprint density at radius 2 is 0.476 bits per heavy atom. The predicted octanol–water partition coefficient (Wildman–Crippen LogP) is 6.02. The Labute approximate surface area is 482 Å². The van der Waals surface area contributed by atoms with Gasteiger partial charge in [0.05, 0.1) is 22.3 Å². The highest BCUT2D eigenvalue weighted by Gasteiger charge is 2.03. The topological polar surface area (TPSA) is 471 Å². The molecule has 0 fully saturated rings. The molecule has 8 rings (SSSR count). The molecule has 8 aromatic rings. The van der Waals surface area contributed by atoms with Crippen LogP contribution in [0.3, 0.4) is 0 Å². The Morgan fingerprint density at radius 1 is 0.333 bits per heavy atom. The number of nitrogens with zero attached hydrogens (tertiary/aromatic N) is 1. The van der Waals surface area contributed by atoms with Crippen molar-refractivity contribution in [2.24, 2.45) is 0 Å². The number of carboxylic acid groups (broad SMARTS) is 4. The van der Waals surface area contributed by atoms with E-state index in [1.807, 2.05) is 134 Å². The molecule has 0 aliphatic carbocycles. The molecule has 11 N–H and O–H groups in total. The molecule has 25 nitrogen and oxygen atoms in total. The molecule has 4 aromatic heterocycles. The lowest BCUT2D eigenvalue weighted by Gasteiger charge is -2.06. The normalized spacial score (nSPS) is 10.6. The maximum Gasteiger partial charge on any atom is 1.00 e. The maximum absolute atomic E-state index is 10.7. The van der Waals surface area contributed by atoms with Crippen molar-refractivity contribution in [3.05, 3.63) is 262 Å². The minimum atomic E-state index is -5.17. The average Bonchev–Trinajstić information content (AvgIpc) is 3.48. The number of rotatable bonds is 12. The van der Waals surface area contributed by atoms with Crippen molar-refractivity contribution in [3.63, 3.8) is 0 Å². The van der Waals surface area contributed by atoms with Crippen LogP contribution < -0.4 is 15.0 Å². The quantitative estimate of drug-likeness (QED) is 0.0601. The standard InChI is InChI=1S/4C14H11NO2.3H2O4S.H2O/c4*16-14(17)13-5-3-11(4-6-13)1-2-12-7-9-15-10-8-12;3*1-5(2,3)4;/h4*1-10H,(H,16,17);3*(H2,1,2,3,4);1H2/b4*2-1+;;;;. The van der Waals surface area contributed by atoms with Gasteiger partial charge in [-0.25, -0.2) is 51.0 Å². The summed E-state index contributed by atoms with van der Waals surface area (Å²) in [6.07, 6.45) is 30.2. The molecular weight excluding hydrogens is 1160 g/mol. The van der Waals surface area contributed by atoms with E-state index < -0.39 is 55.1 Å². The molecule has 0 bridgehead atoms. The van der Waals surface area contributed by atoms with Crippen LogP contribution in [0.4, 0.5) is 0 Å². The lowest BCUT2D eigenvalue weighted by molar-refractivity contribution is -0.378. The molecule has 0 unspecified atom stereocenters. The zero-order valence-electron chi connectivity index (χ0n) is 44.2. The molecule has 28 heteroatoms. The second-order valence-electron chi connectivity index (χ2n) is 15.6. The second kappa shape index (κ2) is 37.8. The van der Waals surface area contributed by atoms with Gasteiger partial charge in [-0.15, -0.1) is 0 Å². The first-order valence-corrected chi connectivity index (χ1v) is 27.0. The Kier molecular flexibility index (Phi) is 32.3. The van der Waals surface area contributed by atoms with Gasteiger partial charge < -0.3 is 44.1 Å². The molecule has 4 aromatic carbocycles. The zero-order chi connectivity index (χ0) is 61.9. The van der Waals surface area contributed by atoms with Gasteiger partial charge in [0.2, 0.25) is 20.8 Å². The van der Waals surface area contributed by atoms with Gasteiger partial charge in [0.1, 0.15) is 0 Å². The van der Waals surface area contributed by atoms with Gasteiger partial charge in [-0.2, -0.15) is 0 Å². The van der Waals surface area contributed by atoms with E-state index in [1.54, 1.807) is 109 Å². The Hall–Kier alpha value is -10.1. The van der Waals surface area contributed by atoms with Crippen LogP contribution in [0.2, 0.25) is 0 Å². The summed E-state index contributed by atoms with van der Waals surface area (Å²) in [6.45, 7) is 0. The number of carbonyl (C=O) groups is 4. The van der Waals surface area contributed by atoms with Crippen LogP contribution in [0, 0.1) is 0 Å². The number of carboxylic acids is 4. The summed E-state index contributed by atoms with van der Waals surface area (Å²) in [6, 6.07) is 42.6. The number of aromatic nitrogens is 4. The number of nitrogens with one attached hydrogen (secondary N) is 3. The third-order valence-corrected chi connectivity index (χ3v) is 9.44. The lowest BCUT2D eigenvalue weighted by atomic mass is 10.1. The van der Waals surface area contributed by atoms with Crippen molar-refractivity contribution in [1.29, 1.82) is 0 Å². The zero-order valence-corrected chi connectivity index (χ0v) is 45.6.